The standard InChI is InChI=1S/C12H10FN5OS3/c1-14-10-17-18-12(22-10)20-5-9(19)16-11-15-7-3-2-6(13)4-8(7)21-11/h2-4H,5H2,1H3,(H,14,17)(H,15,16,19). The number of thioether (sulfide) groups is 1. The minimum atomic E-state index is -0.318. The highest BCUT2D eigenvalue weighted by Gasteiger charge is 2.11. The number of nitrogens with one attached hydrogen (secondary N) is 2. The summed E-state index contributed by atoms with van der Waals surface area (Å²) >= 11 is 3.93. The molecule has 0 bridgehead atoms. The number of aromatic nitrogens is 3. The number of fused-ring (bicyclic) bond motifs is 1. The zero-order valence-corrected chi connectivity index (χ0v) is 13.7. The minimum Gasteiger partial charge on any atom is -0.363 e. The number of carbonyl (C=O) groups is 1. The lowest BCUT2D eigenvalue weighted by Crippen LogP contribution is -2.13. The number of amides is 1. The van der Waals surface area contributed by atoms with Gasteiger partial charge in [-0.2, -0.15) is 0 Å². The Morgan fingerprint density at radius 1 is 1.32 bits per heavy atom. The topological polar surface area (TPSA) is 79.8 Å². The van der Waals surface area contributed by atoms with Gasteiger partial charge >= 0.3 is 0 Å². The van der Waals surface area contributed by atoms with Crippen molar-refractivity contribution in [3.63, 3.8) is 0 Å². The van der Waals surface area contributed by atoms with Gasteiger partial charge in [0.15, 0.2) is 9.47 Å². The Morgan fingerprint density at radius 3 is 2.95 bits per heavy atom. The van der Waals surface area contributed by atoms with E-state index >= 15 is 0 Å². The molecule has 2 heterocycles. The number of thiazole rings is 1. The molecule has 0 saturated carbocycles. The van der Waals surface area contributed by atoms with Gasteiger partial charge in [-0.05, 0) is 18.2 Å². The highest BCUT2D eigenvalue weighted by atomic mass is 32.2. The molecular formula is C12H10FN5OS3. The summed E-state index contributed by atoms with van der Waals surface area (Å²) in [4.78, 5) is 16.1. The molecule has 0 saturated heterocycles. The van der Waals surface area contributed by atoms with E-state index in [9.17, 15) is 9.18 Å². The van der Waals surface area contributed by atoms with Crippen molar-refractivity contribution in [2.75, 3.05) is 23.4 Å². The number of rotatable bonds is 5. The van der Waals surface area contributed by atoms with E-state index in [0.717, 1.165) is 0 Å². The monoisotopic (exact) mass is 355 g/mol. The van der Waals surface area contributed by atoms with Gasteiger partial charge in [0, 0.05) is 7.05 Å². The minimum absolute atomic E-state index is 0.189. The van der Waals surface area contributed by atoms with Gasteiger partial charge in [0.1, 0.15) is 5.82 Å². The van der Waals surface area contributed by atoms with Gasteiger partial charge in [-0.15, -0.1) is 10.2 Å². The van der Waals surface area contributed by atoms with Crippen molar-refractivity contribution in [1.82, 2.24) is 15.2 Å². The van der Waals surface area contributed by atoms with Crippen LogP contribution in [0.1, 0.15) is 0 Å². The van der Waals surface area contributed by atoms with E-state index in [1.54, 1.807) is 13.1 Å². The van der Waals surface area contributed by atoms with Crippen LogP contribution in [-0.2, 0) is 4.79 Å². The molecule has 0 aliphatic rings. The van der Waals surface area contributed by atoms with E-state index < -0.39 is 0 Å². The van der Waals surface area contributed by atoms with Crippen molar-refractivity contribution in [3.05, 3.63) is 24.0 Å². The van der Waals surface area contributed by atoms with E-state index in [1.165, 1.54) is 46.6 Å². The van der Waals surface area contributed by atoms with Crippen molar-refractivity contribution in [1.29, 1.82) is 0 Å². The summed E-state index contributed by atoms with van der Waals surface area (Å²) in [5, 5.41) is 14.6. The largest absolute Gasteiger partial charge is 0.363 e. The second-order valence-corrected chi connectivity index (χ2v) is 7.32. The summed E-state index contributed by atoms with van der Waals surface area (Å²) in [7, 11) is 1.76. The van der Waals surface area contributed by atoms with E-state index in [1.807, 2.05) is 0 Å². The summed E-state index contributed by atoms with van der Waals surface area (Å²) < 4.78 is 14.5. The molecule has 114 valence electrons. The van der Waals surface area contributed by atoms with E-state index in [-0.39, 0.29) is 17.5 Å². The summed E-state index contributed by atoms with van der Waals surface area (Å²) in [6.07, 6.45) is 0. The highest BCUT2D eigenvalue weighted by molar-refractivity contribution is 8.01. The van der Waals surface area contributed by atoms with Crippen molar-refractivity contribution in [2.45, 2.75) is 4.34 Å². The molecule has 6 nitrogen and oxygen atoms in total. The molecule has 0 aliphatic carbocycles. The molecule has 0 atom stereocenters. The normalized spacial score (nSPS) is 10.8. The number of nitrogens with zero attached hydrogens (tertiary/aromatic N) is 3. The van der Waals surface area contributed by atoms with Gasteiger partial charge in [0.25, 0.3) is 0 Å². The second kappa shape index (κ2) is 6.55. The number of carbonyl (C=O) groups excluding carboxylic acids is 1. The van der Waals surface area contributed by atoms with Crippen LogP contribution in [0.25, 0.3) is 10.2 Å². The fourth-order valence-corrected chi connectivity index (χ4v) is 4.02. The van der Waals surface area contributed by atoms with E-state index in [2.05, 4.69) is 25.8 Å². The molecule has 10 heteroatoms. The van der Waals surface area contributed by atoms with Crippen molar-refractivity contribution < 1.29 is 9.18 Å². The maximum Gasteiger partial charge on any atom is 0.236 e. The predicted molar refractivity (Wildman–Crippen MR) is 88.4 cm³/mol. The zero-order chi connectivity index (χ0) is 15.5. The van der Waals surface area contributed by atoms with Crippen LogP contribution in [0.4, 0.5) is 14.7 Å². The molecule has 3 rings (SSSR count). The number of halogens is 1. The number of benzene rings is 1. The molecular weight excluding hydrogens is 345 g/mol. The Hall–Kier alpha value is -1.78. The van der Waals surface area contributed by atoms with Crippen LogP contribution in [0.2, 0.25) is 0 Å². The quantitative estimate of drug-likeness (QED) is 0.685. The molecule has 22 heavy (non-hydrogen) atoms. The van der Waals surface area contributed by atoms with Crippen LogP contribution >= 0.6 is 34.4 Å². The molecule has 0 fully saturated rings. The average Bonchev–Trinajstić information content (AvgIpc) is 3.10. The molecule has 0 aliphatic heterocycles. The first-order valence-corrected chi connectivity index (χ1v) is 8.76. The highest BCUT2D eigenvalue weighted by Crippen LogP contribution is 2.28. The predicted octanol–water partition coefficient (Wildman–Crippen LogP) is 3.06. The van der Waals surface area contributed by atoms with Crippen molar-refractivity contribution in [2.24, 2.45) is 0 Å². The molecule has 2 N–H and O–H groups in total. The fourth-order valence-electron chi connectivity index (χ4n) is 1.60. The fraction of sp³-hybridized carbons (Fsp3) is 0.167. The first-order chi connectivity index (χ1) is 10.6. The van der Waals surface area contributed by atoms with Gasteiger partial charge in [0.05, 0.1) is 16.0 Å². The Balaban J connectivity index is 1.60. The van der Waals surface area contributed by atoms with E-state index in [0.29, 0.717) is 24.8 Å². The summed E-state index contributed by atoms with van der Waals surface area (Å²) in [5.41, 5.74) is 0.664. The summed E-state index contributed by atoms with van der Waals surface area (Å²) in [6, 6.07) is 4.34. The van der Waals surface area contributed by atoms with Gasteiger partial charge in [-0.25, -0.2) is 9.37 Å². The lowest BCUT2D eigenvalue weighted by molar-refractivity contribution is -0.113. The third kappa shape index (κ3) is 3.51. The smallest absolute Gasteiger partial charge is 0.236 e. The molecule has 1 amide bonds. The van der Waals surface area contributed by atoms with Gasteiger partial charge < -0.3 is 10.6 Å². The SMILES string of the molecule is CNc1nnc(SCC(=O)Nc2nc3ccc(F)cc3s2)s1. The van der Waals surface area contributed by atoms with Gasteiger partial charge in [0.2, 0.25) is 11.0 Å². The third-order valence-corrected chi connectivity index (χ3v) is 5.55. The van der Waals surface area contributed by atoms with Crippen LogP contribution in [0.5, 0.6) is 0 Å². The van der Waals surface area contributed by atoms with Gasteiger partial charge in [-0.3, -0.25) is 4.79 Å². The van der Waals surface area contributed by atoms with Crippen LogP contribution in [0, 0.1) is 5.82 Å². The molecule has 0 unspecified atom stereocenters. The lowest BCUT2D eigenvalue weighted by atomic mass is 10.3. The van der Waals surface area contributed by atoms with Crippen LogP contribution < -0.4 is 10.6 Å². The molecule has 2 aromatic heterocycles. The van der Waals surface area contributed by atoms with Crippen molar-refractivity contribution >= 4 is 60.8 Å². The summed E-state index contributed by atoms with van der Waals surface area (Å²) in [5.74, 6) is -0.297. The first-order valence-electron chi connectivity index (χ1n) is 6.14. The Kier molecular flexibility index (Phi) is 4.50. The number of hydrogen-bond donors (Lipinski definition) is 2. The van der Waals surface area contributed by atoms with Crippen molar-refractivity contribution in [3.8, 4) is 0 Å². The third-order valence-electron chi connectivity index (χ3n) is 2.54. The van der Waals surface area contributed by atoms with Crippen LogP contribution in [0.3, 0.4) is 0 Å². The van der Waals surface area contributed by atoms with E-state index in [4.69, 9.17) is 0 Å². The van der Waals surface area contributed by atoms with Crippen LogP contribution in [-0.4, -0.2) is 33.9 Å². The molecule has 0 radical (unpaired) electrons. The summed E-state index contributed by atoms with van der Waals surface area (Å²) in [6.45, 7) is 0. The number of anilines is 2. The first kappa shape index (κ1) is 15.1. The lowest BCUT2D eigenvalue weighted by Gasteiger charge is -1.98. The Bertz CT molecular complexity index is 818. The average molecular weight is 355 g/mol. The molecule has 0 spiro atoms. The van der Waals surface area contributed by atoms with Gasteiger partial charge in [-0.1, -0.05) is 34.4 Å². The molecule has 1 aromatic carbocycles. The van der Waals surface area contributed by atoms with Crippen LogP contribution in [0.15, 0.2) is 22.5 Å². The Labute approximate surface area is 137 Å². The maximum atomic E-state index is 13.1. The molecule has 3 aromatic rings. The number of hydrogen-bond acceptors (Lipinski definition) is 8. The maximum absolute atomic E-state index is 13.1. The zero-order valence-electron chi connectivity index (χ0n) is 11.3. The second-order valence-electron chi connectivity index (χ2n) is 4.09. The Morgan fingerprint density at radius 2 is 2.18 bits per heavy atom.